The Morgan fingerprint density at radius 2 is 1.74 bits per heavy atom. The number of aliphatic hydroxyl groups is 1. The maximum atomic E-state index is 16.2. The fourth-order valence-corrected chi connectivity index (χ4v) is 5.66. The van der Waals surface area contributed by atoms with Crippen LogP contribution in [0.3, 0.4) is 0 Å². The Balaban J connectivity index is 1.41. The van der Waals surface area contributed by atoms with Gasteiger partial charge < -0.3 is 9.84 Å². The van der Waals surface area contributed by atoms with Crippen LogP contribution in [0.4, 0.5) is 26.3 Å². The summed E-state index contributed by atoms with van der Waals surface area (Å²) in [5, 5.41) is 15.2. The smallest absolute Gasteiger partial charge is 0.287 e. The number of ether oxygens (including phenoxy) is 1. The van der Waals surface area contributed by atoms with Crippen molar-refractivity contribution in [3.8, 4) is 5.75 Å². The van der Waals surface area contributed by atoms with Gasteiger partial charge in [-0.05, 0) is 54.5 Å². The van der Waals surface area contributed by atoms with E-state index < -0.39 is 59.1 Å². The van der Waals surface area contributed by atoms with Gasteiger partial charge in [-0.1, -0.05) is 12.1 Å². The van der Waals surface area contributed by atoms with Crippen molar-refractivity contribution in [2.75, 3.05) is 6.61 Å². The number of rotatable bonds is 9. The van der Waals surface area contributed by atoms with Gasteiger partial charge in [0.1, 0.15) is 36.6 Å². The summed E-state index contributed by atoms with van der Waals surface area (Å²) in [4.78, 5) is 3.70. The Morgan fingerprint density at radius 3 is 2.31 bits per heavy atom. The monoisotopic (exact) mass is 497 g/mol. The SMILES string of the molecule is O[C@@](Cn1cncn1)(c1ccc(F)cc1F)C(F)(F)C12CC(c3ccc(OCC(F)F)cc3)(C1)C2. The van der Waals surface area contributed by atoms with E-state index in [9.17, 15) is 22.7 Å². The van der Waals surface area contributed by atoms with E-state index in [-0.39, 0.29) is 25.0 Å². The summed E-state index contributed by atoms with van der Waals surface area (Å²) >= 11 is 0. The molecule has 1 aromatic heterocycles. The highest BCUT2D eigenvalue weighted by atomic mass is 19.3. The average molecular weight is 497 g/mol. The van der Waals surface area contributed by atoms with Crippen molar-refractivity contribution in [1.82, 2.24) is 14.8 Å². The average Bonchev–Trinajstić information content (AvgIpc) is 3.23. The maximum absolute atomic E-state index is 16.2. The van der Waals surface area contributed by atoms with Gasteiger partial charge in [0.2, 0.25) is 0 Å². The second kappa shape index (κ2) is 7.97. The molecule has 3 aliphatic carbocycles. The first-order chi connectivity index (χ1) is 16.5. The van der Waals surface area contributed by atoms with E-state index in [4.69, 9.17) is 4.74 Å². The van der Waals surface area contributed by atoms with Crippen LogP contribution in [0.2, 0.25) is 0 Å². The van der Waals surface area contributed by atoms with Crippen molar-refractivity contribution in [1.29, 1.82) is 0 Å². The summed E-state index contributed by atoms with van der Waals surface area (Å²) in [5.74, 6) is -5.79. The minimum atomic E-state index is -3.80. The van der Waals surface area contributed by atoms with Gasteiger partial charge in [-0.2, -0.15) is 5.10 Å². The number of aromatic nitrogens is 3. The molecule has 2 aromatic carbocycles. The van der Waals surface area contributed by atoms with Crippen LogP contribution in [0.5, 0.6) is 5.75 Å². The molecular formula is C24H21F6N3O2. The summed E-state index contributed by atoms with van der Waals surface area (Å²) in [6, 6.07) is 8.44. The van der Waals surface area contributed by atoms with Gasteiger partial charge in [-0.3, -0.25) is 0 Å². The summed E-state index contributed by atoms with van der Waals surface area (Å²) in [6.07, 6.45) is -0.281. The highest BCUT2D eigenvalue weighted by molar-refractivity contribution is 5.44. The molecule has 11 heteroatoms. The molecule has 0 radical (unpaired) electrons. The first kappa shape index (κ1) is 23.7. The third-order valence-electron chi connectivity index (χ3n) is 7.29. The van der Waals surface area contributed by atoms with Gasteiger partial charge in [0.05, 0.1) is 6.54 Å². The van der Waals surface area contributed by atoms with Gasteiger partial charge in [-0.25, -0.2) is 36.0 Å². The van der Waals surface area contributed by atoms with Crippen molar-refractivity contribution in [3.05, 3.63) is 77.9 Å². The minimum Gasteiger partial charge on any atom is -0.488 e. The highest BCUT2D eigenvalue weighted by Gasteiger charge is 2.82. The van der Waals surface area contributed by atoms with E-state index in [1.165, 1.54) is 12.1 Å². The number of hydrogen-bond donors (Lipinski definition) is 1. The van der Waals surface area contributed by atoms with Gasteiger partial charge in [0.15, 0.2) is 5.60 Å². The van der Waals surface area contributed by atoms with Crippen LogP contribution in [0.25, 0.3) is 0 Å². The molecule has 3 aliphatic rings. The zero-order valence-electron chi connectivity index (χ0n) is 18.3. The molecule has 1 N–H and O–H groups in total. The van der Waals surface area contributed by atoms with E-state index in [0.29, 0.717) is 6.07 Å². The number of hydrogen-bond acceptors (Lipinski definition) is 4. The molecule has 0 spiro atoms. The van der Waals surface area contributed by atoms with E-state index in [0.717, 1.165) is 35.0 Å². The predicted octanol–water partition coefficient (Wildman–Crippen LogP) is 4.85. The van der Waals surface area contributed by atoms with Gasteiger partial charge >= 0.3 is 0 Å². The zero-order valence-corrected chi connectivity index (χ0v) is 18.3. The van der Waals surface area contributed by atoms with Crippen LogP contribution in [0, 0.1) is 17.0 Å². The second-order valence-electron chi connectivity index (χ2n) is 9.47. The lowest BCUT2D eigenvalue weighted by Gasteiger charge is -2.74. The Kier molecular flexibility index (Phi) is 5.39. The normalized spacial score (nSPS) is 25.0. The van der Waals surface area contributed by atoms with Crippen molar-refractivity contribution in [2.24, 2.45) is 5.41 Å². The molecule has 0 saturated heterocycles. The molecule has 0 amide bonds. The largest absolute Gasteiger partial charge is 0.488 e. The highest BCUT2D eigenvalue weighted by Crippen LogP contribution is 2.80. The minimum absolute atomic E-state index is 0.0344. The van der Waals surface area contributed by atoms with Crippen molar-refractivity contribution in [3.63, 3.8) is 0 Å². The molecule has 35 heavy (non-hydrogen) atoms. The fraction of sp³-hybridized carbons (Fsp3) is 0.417. The van der Waals surface area contributed by atoms with Crippen LogP contribution < -0.4 is 4.74 Å². The summed E-state index contributed by atoms with van der Waals surface area (Å²) < 4.78 is 91.1. The van der Waals surface area contributed by atoms with Crippen LogP contribution in [0.1, 0.15) is 30.4 Å². The first-order valence-corrected chi connectivity index (χ1v) is 10.9. The standard InChI is InChI=1S/C24H21F6N3O2/c25-16-3-6-18(19(26)7-16)23(34,12-33-14-31-13-32-33)24(29,30)22-9-21(10-22,11-22)15-1-4-17(5-2-15)35-8-20(27)28/h1-7,13-14,20,34H,8-12H2/t21?,22?,23-/m0/s1. The Labute approximate surface area is 196 Å². The van der Waals surface area contributed by atoms with Crippen molar-refractivity contribution >= 4 is 0 Å². The Bertz CT molecular complexity index is 1200. The van der Waals surface area contributed by atoms with Gasteiger partial charge in [0.25, 0.3) is 12.3 Å². The molecule has 1 atom stereocenters. The van der Waals surface area contributed by atoms with E-state index in [2.05, 4.69) is 10.1 Å². The summed E-state index contributed by atoms with van der Waals surface area (Å²) in [6.45, 7) is -1.53. The number of alkyl halides is 4. The van der Waals surface area contributed by atoms with E-state index in [1.807, 2.05) is 0 Å². The number of benzene rings is 2. The van der Waals surface area contributed by atoms with Gasteiger partial charge in [0, 0.05) is 17.0 Å². The van der Waals surface area contributed by atoms with Gasteiger partial charge in [-0.15, -0.1) is 0 Å². The Hall–Kier alpha value is -3.08. The lowest BCUT2D eigenvalue weighted by atomic mass is 9.30. The van der Waals surface area contributed by atoms with Crippen molar-refractivity contribution < 1.29 is 36.2 Å². The lowest BCUT2D eigenvalue weighted by Crippen LogP contribution is -2.76. The third-order valence-corrected chi connectivity index (χ3v) is 7.29. The quantitative estimate of drug-likeness (QED) is 0.430. The number of nitrogens with zero attached hydrogens (tertiary/aromatic N) is 3. The molecule has 186 valence electrons. The third kappa shape index (κ3) is 3.59. The second-order valence-corrected chi connectivity index (χ2v) is 9.47. The molecule has 6 rings (SSSR count). The summed E-state index contributed by atoms with van der Waals surface area (Å²) in [5.41, 5.74) is -5.14. The lowest BCUT2D eigenvalue weighted by molar-refractivity contribution is -0.347. The van der Waals surface area contributed by atoms with Crippen LogP contribution >= 0.6 is 0 Å². The maximum Gasteiger partial charge on any atom is 0.287 e. The molecule has 5 nitrogen and oxygen atoms in total. The molecular weight excluding hydrogens is 476 g/mol. The fourth-order valence-electron chi connectivity index (χ4n) is 5.66. The molecule has 3 fully saturated rings. The van der Waals surface area contributed by atoms with E-state index >= 15 is 8.78 Å². The topological polar surface area (TPSA) is 60.2 Å². The first-order valence-electron chi connectivity index (χ1n) is 10.9. The van der Waals surface area contributed by atoms with E-state index in [1.54, 1.807) is 12.1 Å². The molecule has 3 saturated carbocycles. The molecule has 2 bridgehead atoms. The molecule has 0 aliphatic heterocycles. The van der Waals surface area contributed by atoms with Crippen LogP contribution in [-0.2, 0) is 17.6 Å². The summed E-state index contributed by atoms with van der Waals surface area (Å²) in [7, 11) is 0. The van der Waals surface area contributed by atoms with Crippen molar-refractivity contribution in [2.45, 2.75) is 49.2 Å². The van der Waals surface area contributed by atoms with Crippen LogP contribution in [0.15, 0.2) is 55.1 Å². The molecule has 0 unspecified atom stereocenters. The Morgan fingerprint density at radius 1 is 1.06 bits per heavy atom. The predicted molar refractivity (Wildman–Crippen MR) is 111 cm³/mol. The molecule has 3 aromatic rings. The molecule has 1 heterocycles. The number of halogens is 6. The zero-order chi connectivity index (χ0) is 25.1. The van der Waals surface area contributed by atoms with Crippen LogP contribution in [-0.4, -0.2) is 38.8 Å².